The quantitative estimate of drug-likeness (QED) is 0.796. The van der Waals surface area contributed by atoms with Gasteiger partial charge in [-0.15, -0.1) is 0 Å². The Morgan fingerprint density at radius 2 is 2.04 bits per heavy atom. The average molecular weight is 416 g/mol. The van der Waals surface area contributed by atoms with E-state index in [0.717, 1.165) is 19.5 Å². The lowest BCUT2D eigenvalue weighted by Crippen LogP contribution is -2.40. The molecule has 1 aromatic carbocycles. The third-order valence-electron chi connectivity index (χ3n) is 4.93. The molecule has 0 unspecified atom stereocenters. The Labute approximate surface area is 165 Å². The van der Waals surface area contributed by atoms with Crippen molar-refractivity contribution in [1.82, 2.24) is 9.21 Å². The first-order valence-electron chi connectivity index (χ1n) is 9.26. The molecule has 1 amide bonds. The molecule has 0 aromatic heterocycles. The van der Waals surface area contributed by atoms with Crippen molar-refractivity contribution in [3.63, 3.8) is 0 Å². The third kappa shape index (κ3) is 5.20. The van der Waals surface area contributed by atoms with Gasteiger partial charge in [0.05, 0.1) is 35.4 Å². The molecule has 1 aromatic rings. The number of sulfonamides is 1. The van der Waals surface area contributed by atoms with E-state index in [1.165, 1.54) is 28.9 Å². The van der Waals surface area contributed by atoms with Crippen LogP contribution < -0.4 is 5.32 Å². The number of likely N-dealkylation sites (tertiary alicyclic amines) is 1. The Bertz CT molecular complexity index is 781. The maximum absolute atomic E-state index is 12.8. The summed E-state index contributed by atoms with van der Waals surface area (Å²) in [4.78, 5) is 14.7. The van der Waals surface area contributed by atoms with Crippen LogP contribution in [0.5, 0.6) is 0 Å². The fraction of sp³-hybridized carbons (Fsp3) is 0.611. The van der Waals surface area contributed by atoms with Crippen molar-refractivity contribution in [3.8, 4) is 0 Å². The molecule has 1 N–H and O–H groups in total. The van der Waals surface area contributed by atoms with Crippen LogP contribution in [0.25, 0.3) is 0 Å². The molecule has 7 nitrogen and oxygen atoms in total. The minimum atomic E-state index is -3.64. The fourth-order valence-corrected chi connectivity index (χ4v) is 5.12. The zero-order valence-corrected chi connectivity index (χ0v) is 17.1. The van der Waals surface area contributed by atoms with Crippen molar-refractivity contribution < 1.29 is 17.9 Å². The Morgan fingerprint density at radius 1 is 1.30 bits per heavy atom. The molecule has 2 fully saturated rings. The Morgan fingerprint density at radius 3 is 2.74 bits per heavy atom. The molecule has 3 rings (SSSR count). The van der Waals surface area contributed by atoms with Crippen molar-refractivity contribution in [1.29, 1.82) is 0 Å². The molecule has 150 valence electrons. The number of benzene rings is 1. The molecule has 0 radical (unpaired) electrons. The largest absolute Gasteiger partial charge is 0.379 e. The number of nitrogens with one attached hydrogen (secondary N) is 1. The van der Waals surface area contributed by atoms with E-state index in [-0.39, 0.29) is 17.3 Å². The van der Waals surface area contributed by atoms with Crippen molar-refractivity contribution >= 4 is 33.2 Å². The number of carbonyl (C=O) groups is 1. The number of hydrogen-bond acceptors (Lipinski definition) is 5. The summed E-state index contributed by atoms with van der Waals surface area (Å²) >= 11 is 6.19. The summed E-state index contributed by atoms with van der Waals surface area (Å²) in [6.07, 6.45) is 2.27. The van der Waals surface area contributed by atoms with Gasteiger partial charge < -0.3 is 10.1 Å². The molecular formula is C18H26ClN3O4S. The van der Waals surface area contributed by atoms with Crippen LogP contribution in [0.15, 0.2) is 23.1 Å². The number of amides is 1. The maximum Gasteiger partial charge on any atom is 0.243 e. The molecule has 2 heterocycles. The van der Waals surface area contributed by atoms with Crippen LogP contribution in [0, 0.1) is 5.92 Å². The van der Waals surface area contributed by atoms with Gasteiger partial charge in [0.25, 0.3) is 0 Å². The van der Waals surface area contributed by atoms with Crippen LogP contribution in [0.3, 0.4) is 0 Å². The van der Waals surface area contributed by atoms with Gasteiger partial charge in [-0.2, -0.15) is 4.31 Å². The normalized spacial score (nSPS) is 22.5. The zero-order chi connectivity index (χ0) is 19.4. The lowest BCUT2D eigenvalue weighted by Gasteiger charge is -2.30. The summed E-state index contributed by atoms with van der Waals surface area (Å²) in [5.74, 6) is 0.393. The van der Waals surface area contributed by atoms with Gasteiger partial charge in [0.1, 0.15) is 0 Å². The lowest BCUT2D eigenvalue weighted by atomic mass is 10.0. The Kier molecular flexibility index (Phi) is 6.75. The molecule has 0 saturated carbocycles. The van der Waals surface area contributed by atoms with E-state index in [4.69, 9.17) is 16.3 Å². The first-order valence-corrected chi connectivity index (χ1v) is 11.1. The van der Waals surface area contributed by atoms with Crippen molar-refractivity contribution in [2.45, 2.75) is 24.7 Å². The number of rotatable bonds is 5. The number of piperidine rings is 1. The molecular weight excluding hydrogens is 390 g/mol. The molecule has 2 aliphatic rings. The summed E-state index contributed by atoms with van der Waals surface area (Å²) in [5.41, 5.74) is 0.320. The highest BCUT2D eigenvalue weighted by Crippen LogP contribution is 2.27. The van der Waals surface area contributed by atoms with Gasteiger partial charge in [0, 0.05) is 19.6 Å². The maximum atomic E-state index is 12.8. The second-order valence-electron chi connectivity index (χ2n) is 7.19. The smallest absolute Gasteiger partial charge is 0.243 e. The second kappa shape index (κ2) is 8.87. The second-order valence-corrected chi connectivity index (χ2v) is 9.53. The van der Waals surface area contributed by atoms with E-state index in [9.17, 15) is 13.2 Å². The monoisotopic (exact) mass is 415 g/mol. The number of nitrogens with zero attached hydrogens (tertiary/aromatic N) is 2. The summed E-state index contributed by atoms with van der Waals surface area (Å²) < 4.78 is 32.2. The van der Waals surface area contributed by atoms with E-state index in [1.807, 2.05) is 0 Å². The summed E-state index contributed by atoms with van der Waals surface area (Å²) in [6.45, 7) is 5.65. The highest BCUT2D eigenvalue weighted by molar-refractivity contribution is 7.89. The van der Waals surface area contributed by atoms with Crippen LogP contribution in [-0.4, -0.2) is 69.5 Å². The number of hydrogen-bond donors (Lipinski definition) is 1. The third-order valence-corrected chi connectivity index (χ3v) is 7.15. The molecule has 27 heavy (non-hydrogen) atoms. The van der Waals surface area contributed by atoms with Gasteiger partial charge in [0.15, 0.2) is 0 Å². The van der Waals surface area contributed by atoms with Crippen LogP contribution in [-0.2, 0) is 19.6 Å². The minimum Gasteiger partial charge on any atom is -0.379 e. The molecule has 1 atom stereocenters. The first-order chi connectivity index (χ1) is 12.9. The van der Waals surface area contributed by atoms with Crippen molar-refractivity contribution in [3.05, 3.63) is 23.2 Å². The minimum absolute atomic E-state index is 0.121. The van der Waals surface area contributed by atoms with Crippen LogP contribution in [0.2, 0.25) is 5.02 Å². The predicted molar refractivity (Wildman–Crippen MR) is 104 cm³/mol. The van der Waals surface area contributed by atoms with Crippen LogP contribution in [0.4, 0.5) is 5.69 Å². The lowest BCUT2D eigenvalue weighted by molar-refractivity contribution is -0.117. The highest BCUT2D eigenvalue weighted by atomic mass is 35.5. The summed E-state index contributed by atoms with van der Waals surface area (Å²) in [7, 11) is -3.64. The topological polar surface area (TPSA) is 79.0 Å². The van der Waals surface area contributed by atoms with E-state index < -0.39 is 10.0 Å². The molecule has 2 saturated heterocycles. The Hall–Kier alpha value is -1.19. The average Bonchev–Trinajstić information content (AvgIpc) is 2.64. The van der Waals surface area contributed by atoms with Crippen molar-refractivity contribution in [2.24, 2.45) is 5.92 Å². The Balaban J connectivity index is 1.70. The van der Waals surface area contributed by atoms with Crippen molar-refractivity contribution in [2.75, 3.05) is 51.3 Å². The van der Waals surface area contributed by atoms with E-state index >= 15 is 0 Å². The fourth-order valence-electron chi connectivity index (χ4n) is 3.52. The molecule has 9 heteroatoms. The van der Waals surface area contributed by atoms with E-state index in [1.54, 1.807) is 0 Å². The van der Waals surface area contributed by atoms with Gasteiger partial charge >= 0.3 is 0 Å². The predicted octanol–water partition coefficient (Wildman–Crippen LogP) is 2.03. The van der Waals surface area contributed by atoms with Gasteiger partial charge in [-0.1, -0.05) is 18.5 Å². The van der Waals surface area contributed by atoms with E-state index in [2.05, 4.69) is 17.1 Å². The SMILES string of the molecule is C[C@@H]1CCCN(CC(=O)Nc2cc(S(=O)(=O)N3CCOCC3)ccc2Cl)C1. The first kappa shape index (κ1) is 20.5. The molecule has 0 bridgehead atoms. The summed E-state index contributed by atoms with van der Waals surface area (Å²) in [6, 6.07) is 4.41. The van der Waals surface area contributed by atoms with Gasteiger partial charge in [-0.05, 0) is 43.5 Å². The number of ether oxygens (including phenoxy) is 1. The van der Waals surface area contributed by atoms with Gasteiger partial charge in [-0.3, -0.25) is 9.69 Å². The number of halogens is 1. The summed E-state index contributed by atoms with van der Waals surface area (Å²) in [5, 5.41) is 3.08. The molecule has 0 aliphatic carbocycles. The standard InChI is InChI=1S/C18H26ClN3O4S/c1-14-3-2-6-21(12-14)13-18(23)20-17-11-15(4-5-16(17)19)27(24,25)22-7-9-26-10-8-22/h4-5,11,14H,2-3,6-10,12-13H2,1H3,(H,20,23)/t14-/m1/s1. The molecule has 0 spiro atoms. The number of anilines is 1. The molecule has 2 aliphatic heterocycles. The van der Waals surface area contributed by atoms with E-state index in [0.29, 0.717) is 42.9 Å². The zero-order valence-electron chi connectivity index (χ0n) is 15.5. The van der Waals surface area contributed by atoms with Gasteiger partial charge in [0.2, 0.25) is 15.9 Å². The number of morpholine rings is 1. The highest BCUT2D eigenvalue weighted by Gasteiger charge is 2.27. The van der Waals surface area contributed by atoms with Crippen LogP contribution >= 0.6 is 11.6 Å². The number of carbonyl (C=O) groups excluding carboxylic acids is 1. The van der Waals surface area contributed by atoms with Gasteiger partial charge in [-0.25, -0.2) is 8.42 Å². The van der Waals surface area contributed by atoms with Crippen LogP contribution in [0.1, 0.15) is 19.8 Å².